The molecule has 2 N–H and O–H groups in total. The van der Waals surface area contributed by atoms with Crippen LogP contribution in [0.1, 0.15) is 41.1 Å². The van der Waals surface area contributed by atoms with Crippen LogP contribution in [-0.2, 0) is 4.79 Å². The van der Waals surface area contributed by atoms with Crippen molar-refractivity contribution in [3.63, 3.8) is 0 Å². The van der Waals surface area contributed by atoms with Gasteiger partial charge in [-0.3, -0.25) is 9.59 Å². The summed E-state index contributed by atoms with van der Waals surface area (Å²) < 4.78 is 14.8. The molecule has 1 aliphatic heterocycles. The Morgan fingerprint density at radius 1 is 1.05 bits per heavy atom. The summed E-state index contributed by atoms with van der Waals surface area (Å²) in [7, 11) is 2.05. The third-order valence-corrected chi connectivity index (χ3v) is 7.40. The van der Waals surface area contributed by atoms with E-state index in [1.807, 2.05) is 24.1 Å². The molecule has 1 aromatic heterocycles. The number of aromatic nitrogens is 3. The zero-order valence-corrected chi connectivity index (χ0v) is 21.6. The van der Waals surface area contributed by atoms with Crippen LogP contribution in [-0.4, -0.2) is 88.5 Å². The number of benzene rings is 2. The molecule has 1 saturated heterocycles. The first kappa shape index (κ1) is 26.0. The smallest absolute Gasteiger partial charge is 0.251 e. The molecule has 2 aromatic carbocycles. The minimum Gasteiger partial charge on any atom is -0.340 e. The fraction of sp³-hybridized carbons (Fsp3) is 0.429. The highest BCUT2D eigenvalue weighted by atomic mass is 19.1. The van der Waals surface area contributed by atoms with Crippen LogP contribution in [0.3, 0.4) is 0 Å². The molecule has 9 nitrogen and oxygen atoms in total. The molecule has 3 aromatic rings. The van der Waals surface area contributed by atoms with Crippen molar-refractivity contribution in [2.24, 2.45) is 0 Å². The molecule has 38 heavy (non-hydrogen) atoms. The third-order valence-electron chi connectivity index (χ3n) is 7.40. The van der Waals surface area contributed by atoms with Crippen molar-refractivity contribution >= 4 is 11.8 Å². The van der Waals surface area contributed by atoms with Crippen molar-refractivity contribution in [3.05, 3.63) is 77.9 Å². The second-order valence-corrected chi connectivity index (χ2v) is 10.1. The lowest BCUT2D eigenvalue weighted by atomic mass is 10.1. The van der Waals surface area contributed by atoms with Gasteiger partial charge in [0.1, 0.15) is 11.9 Å². The average Bonchev–Trinajstić information content (AvgIpc) is 3.49. The quantitative estimate of drug-likeness (QED) is 0.399. The summed E-state index contributed by atoms with van der Waals surface area (Å²) in [5.74, 6) is -0.114. The molecule has 2 fully saturated rings. The van der Waals surface area contributed by atoms with Crippen LogP contribution in [0.4, 0.5) is 4.39 Å². The van der Waals surface area contributed by atoms with Gasteiger partial charge < -0.3 is 20.4 Å². The minimum absolute atomic E-state index is 0.0266. The van der Waals surface area contributed by atoms with Gasteiger partial charge in [0.2, 0.25) is 5.91 Å². The van der Waals surface area contributed by atoms with Crippen LogP contribution in [0, 0.1) is 5.82 Å². The summed E-state index contributed by atoms with van der Waals surface area (Å²) in [6.45, 7) is 3.72. The van der Waals surface area contributed by atoms with Crippen LogP contribution in [0.25, 0.3) is 5.69 Å². The molecule has 0 unspecified atom stereocenters. The number of hydrogen-bond acceptors (Lipinski definition) is 6. The van der Waals surface area contributed by atoms with E-state index in [-0.39, 0.29) is 17.6 Å². The molecule has 200 valence electrons. The van der Waals surface area contributed by atoms with Crippen molar-refractivity contribution in [3.8, 4) is 5.69 Å². The zero-order chi connectivity index (χ0) is 26.5. The molecule has 3 atom stereocenters. The lowest BCUT2D eigenvalue weighted by Gasteiger charge is -2.34. The summed E-state index contributed by atoms with van der Waals surface area (Å²) in [6, 6.07) is 13.5. The second-order valence-electron chi connectivity index (χ2n) is 10.1. The third kappa shape index (κ3) is 6.43. The number of carbonyl (C=O) groups is 2. The van der Waals surface area contributed by atoms with E-state index in [9.17, 15) is 14.0 Å². The highest BCUT2D eigenvalue weighted by molar-refractivity contribution is 5.97. The van der Waals surface area contributed by atoms with E-state index < -0.39 is 6.04 Å². The highest BCUT2D eigenvalue weighted by Gasteiger charge is 2.37. The fourth-order valence-electron chi connectivity index (χ4n) is 4.95. The van der Waals surface area contributed by atoms with Gasteiger partial charge in [-0.05, 0) is 74.8 Å². The molecule has 1 saturated carbocycles. The van der Waals surface area contributed by atoms with Crippen LogP contribution in [0.2, 0.25) is 0 Å². The maximum Gasteiger partial charge on any atom is 0.251 e. The molecule has 2 aliphatic rings. The summed E-state index contributed by atoms with van der Waals surface area (Å²) in [4.78, 5) is 30.6. The molecule has 5 rings (SSSR count). The number of hydrogen-bond donors (Lipinski definition) is 2. The Morgan fingerprint density at radius 3 is 2.47 bits per heavy atom. The fourth-order valence-corrected chi connectivity index (χ4v) is 4.95. The van der Waals surface area contributed by atoms with Gasteiger partial charge in [0.25, 0.3) is 5.91 Å². The van der Waals surface area contributed by atoms with E-state index in [1.165, 1.54) is 12.1 Å². The number of carbonyl (C=O) groups excluding carboxylic acids is 2. The molecule has 1 aliphatic carbocycles. The first-order valence-electron chi connectivity index (χ1n) is 13.2. The molecule has 0 bridgehead atoms. The van der Waals surface area contributed by atoms with Crippen molar-refractivity contribution in [1.82, 2.24) is 35.4 Å². The maximum absolute atomic E-state index is 13.4. The number of amides is 2. The van der Waals surface area contributed by atoms with Crippen molar-refractivity contribution in [2.75, 3.05) is 39.8 Å². The van der Waals surface area contributed by atoms with Crippen LogP contribution in [0.15, 0.2) is 60.9 Å². The SMILES string of the molecule is CN1CCN(C(=O)[C@@H](CCCN[C@@H]2C[C@H]2c2ccc(F)cc2)NC(=O)c2ccc(-n3ccnn3)cc2)CC1. The van der Waals surface area contributed by atoms with E-state index in [0.717, 1.165) is 43.7 Å². The lowest BCUT2D eigenvalue weighted by Crippen LogP contribution is -2.54. The Morgan fingerprint density at radius 2 is 1.79 bits per heavy atom. The van der Waals surface area contributed by atoms with Crippen molar-refractivity contribution < 1.29 is 14.0 Å². The monoisotopic (exact) mass is 519 g/mol. The van der Waals surface area contributed by atoms with E-state index >= 15 is 0 Å². The van der Waals surface area contributed by atoms with E-state index in [2.05, 4.69) is 25.8 Å². The standard InChI is InChI=1S/C28H34FN7O2/c1-34-15-17-35(18-16-34)28(38)25(3-2-12-30-26-19-24(26)20-4-8-22(29)9-5-20)32-27(37)21-6-10-23(11-7-21)36-14-13-31-33-36/h4-11,13-14,24-26,30H,2-3,12,15-19H2,1H3,(H,32,37)/t24-,25+,26+/m0/s1. The summed E-state index contributed by atoms with van der Waals surface area (Å²) in [5, 5.41) is 14.3. The Balaban J connectivity index is 1.16. The number of rotatable bonds is 10. The van der Waals surface area contributed by atoms with Crippen molar-refractivity contribution in [1.29, 1.82) is 0 Å². The molecule has 0 radical (unpaired) electrons. The predicted octanol–water partition coefficient (Wildman–Crippen LogP) is 2.20. The highest BCUT2D eigenvalue weighted by Crippen LogP contribution is 2.40. The molecular formula is C28H34FN7O2. The summed E-state index contributed by atoms with van der Waals surface area (Å²) >= 11 is 0. The van der Waals surface area contributed by atoms with Gasteiger partial charge in [0.05, 0.1) is 18.1 Å². The predicted molar refractivity (Wildman–Crippen MR) is 141 cm³/mol. The van der Waals surface area contributed by atoms with E-state index in [4.69, 9.17) is 0 Å². The number of nitrogens with zero attached hydrogens (tertiary/aromatic N) is 5. The van der Waals surface area contributed by atoms with E-state index in [1.54, 1.807) is 41.3 Å². The van der Waals surface area contributed by atoms with Gasteiger partial charge in [0, 0.05) is 43.7 Å². The topological polar surface area (TPSA) is 95.4 Å². The maximum atomic E-state index is 13.4. The largest absolute Gasteiger partial charge is 0.340 e. The number of likely N-dealkylation sites (N-methyl/N-ethyl adjacent to an activating group) is 1. The number of nitrogens with one attached hydrogen (secondary N) is 2. The first-order chi connectivity index (χ1) is 18.5. The molecule has 2 heterocycles. The Labute approximate surface area is 222 Å². The minimum atomic E-state index is -0.588. The number of halogens is 1. The van der Waals surface area contributed by atoms with Crippen molar-refractivity contribution in [2.45, 2.75) is 37.3 Å². The zero-order valence-electron chi connectivity index (χ0n) is 21.6. The lowest BCUT2D eigenvalue weighted by molar-refractivity contribution is -0.135. The first-order valence-corrected chi connectivity index (χ1v) is 13.2. The van der Waals surface area contributed by atoms with Gasteiger partial charge in [-0.15, -0.1) is 5.10 Å². The normalized spacial score (nSPS) is 20.2. The van der Waals surface area contributed by atoms with Gasteiger partial charge >= 0.3 is 0 Å². The van der Waals surface area contributed by atoms with Crippen LogP contribution < -0.4 is 10.6 Å². The molecule has 0 spiro atoms. The van der Waals surface area contributed by atoms with Gasteiger partial charge in [-0.2, -0.15) is 0 Å². The Hall–Kier alpha value is -3.63. The van der Waals surface area contributed by atoms with Gasteiger partial charge in [0.15, 0.2) is 0 Å². The number of piperazine rings is 1. The molecule has 2 amide bonds. The van der Waals surface area contributed by atoms with Gasteiger partial charge in [-0.1, -0.05) is 17.3 Å². The molecule has 10 heteroatoms. The Kier molecular flexibility index (Phi) is 8.09. The van der Waals surface area contributed by atoms with Crippen LogP contribution >= 0.6 is 0 Å². The molecular weight excluding hydrogens is 485 g/mol. The second kappa shape index (κ2) is 11.8. The summed E-state index contributed by atoms with van der Waals surface area (Å²) in [5.41, 5.74) is 2.44. The van der Waals surface area contributed by atoms with Gasteiger partial charge in [-0.25, -0.2) is 9.07 Å². The summed E-state index contributed by atoms with van der Waals surface area (Å²) in [6.07, 6.45) is 5.65. The Bertz CT molecular complexity index is 1210. The van der Waals surface area contributed by atoms with Crippen LogP contribution in [0.5, 0.6) is 0 Å². The van der Waals surface area contributed by atoms with E-state index in [0.29, 0.717) is 37.0 Å². The average molecular weight is 520 g/mol.